The van der Waals surface area contributed by atoms with Crippen LogP contribution < -0.4 is 5.43 Å². The molecule has 2 rings (SSSR count). The van der Waals surface area contributed by atoms with Gasteiger partial charge < -0.3 is 4.57 Å². The van der Waals surface area contributed by atoms with Gasteiger partial charge in [0.2, 0.25) is 0 Å². The maximum Gasteiger partial charge on any atom is 0.254 e. The second-order valence-corrected chi connectivity index (χ2v) is 5.31. The number of rotatable bonds is 5. The van der Waals surface area contributed by atoms with E-state index < -0.39 is 5.91 Å². The second kappa shape index (κ2) is 7.41. The first-order valence-corrected chi connectivity index (χ1v) is 7.54. The average Bonchev–Trinajstić information content (AvgIpc) is 2.82. The van der Waals surface area contributed by atoms with E-state index in [0.717, 1.165) is 29.1 Å². The molecule has 0 aliphatic rings. The van der Waals surface area contributed by atoms with Gasteiger partial charge in [0, 0.05) is 22.6 Å². The summed E-state index contributed by atoms with van der Waals surface area (Å²) >= 11 is 0. The normalized spacial score (nSPS) is 10.7. The Morgan fingerprint density at radius 3 is 2.65 bits per heavy atom. The van der Waals surface area contributed by atoms with Crippen LogP contribution in [0.1, 0.15) is 35.9 Å². The fourth-order valence-electron chi connectivity index (χ4n) is 2.48. The van der Waals surface area contributed by atoms with Crippen LogP contribution in [0, 0.1) is 25.2 Å². The van der Waals surface area contributed by atoms with E-state index in [-0.39, 0.29) is 6.42 Å². The van der Waals surface area contributed by atoms with Gasteiger partial charge in [-0.2, -0.15) is 10.4 Å². The van der Waals surface area contributed by atoms with E-state index in [2.05, 4.69) is 46.3 Å². The van der Waals surface area contributed by atoms with Crippen LogP contribution in [0.4, 0.5) is 0 Å². The molecule has 0 saturated carbocycles. The highest BCUT2D eigenvalue weighted by Crippen LogP contribution is 2.20. The number of nitriles is 1. The van der Waals surface area contributed by atoms with Crippen molar-refractivity contribution in [1.29, 1.82) is 5.26 Å². The van der Waals surface area contributed by atoms with Crippen LogP contribution in [0.15, 0.2) is 35.4 Å². The van der Waals surface area contributed by atoms with Gasteiger partial charge in [-0.25, -0.2) is 5.43 Å². The number of hydrogen-bond acceptors (Lipinski definition) is 3. The highest BCUT2D eigenvalue weighted by atomic mass is 16.2. The molecule has 5 nitrogen and oxygen atoms in total. The lowest BCUT2D eigenvalue weighted by molar-refractivity contribution is -0.120. The molecule has 1 N–H and O–H groups in total. The number of aromatic nitrogens is 1. The number of benzene rings is 1. The molecule has 0 aliphatic carbocycles. The van der Waals surface area contributed by atoms with Crippen LogP contribution in [0.5, 0.6) is 0 Å². The Morgan fingerprint density at radius 1 is 1.35 bits per heavy atom. The highest BCUT2D eigenvalue weighted by Gasteiger charge is 2.09. The first-order valence-electron chi connectivity index (χ1n) is 7.54. The van der Waals surface area contributed by atoms with Crippen molar-refractivity contribution < 1.29 is 4.79 Å². The summed E-state index contributed by atoms with van der Waals surface area (Å²) in [5.74, 6) is -0.410. The van der Waals surface area contributed by atoms with Gasteiger partial charge in [0.15, 0.2) is 0 Å². The van der Waals surface area contributed by atoms with E-state index in [0.29, 0.717) is 0 Å². The van der Waals surface area contributed by atoms with Crippen molar-refractivity contribution in [3.8, 4) is 11.8 Å². The van der Waals surface area contributed by atoms with Gasteiger partial charge in [-0.05, 0) is 44.0 Å². The van der Waals surface area contributed by atoms with Gasteiger partial charge in [-0.1, -0.05) is 19.1 Å². The molecule has 0 fully saturated rings. The number of carbonyl (C=O) groups is 1. The fraction of sp³-hybridized carbons (Fsp3) is 0.278. The lowest BCUT2D eigenvalue weighted by Crippen LogP contribution is -2.16. The van der Waals surface area contributed by atoms with Crippen molar-refractivity contribution in [3.05, 3.63) is 52.8 Å². The number of hydrazone groups is 1. The summed E-state index contributed by atoms with van der Waals surface area (Å²) in [5, 5.41) is 12.3. The molecule has 0 spiro atoms. The van der Waals surface area contributed by atoms with Gasteiger partial charge in [0.05, 0.1) is 12.3 Å². The molecule has 0 saturated heterocycles. The molecule has 1 aromatic carbocycles. The SMILES string of the molecule is CCc1ccc(-n2c(C)cc(/C=N/NC(=O)CC#N)c2C)cc1. The van der Waals surface area contributed by atoms with E-state index in [9.17, 15) is 4.79 Å². The second-order valence-electron chi connectivity index (χ2n) is 5.31. The van der Waals surface area contributed by atoms with Crippen molar-refractivity contribution in [2.75, 3.05) is 0 Å². The Kier molecular flexibility index (Phi) is 5.32. The molecule has 23 heavy (non-hydrogen) atoms. The van der Waals surface area contributed by atoms with Gasteiger partial charge in [0.1, 0.15) is 6.42 Å². The smallest absolute Gasteiger partial charge is 0.254 e. The van der Waals surface area contributed by atoms with Crippen molar-refractivity contribution >= 4 is 12.1 Å². The summed E-state index contributed by atoms with van der Waals surface area (Å²) in [6, 6.07) is 12.3. The fourth-order valence-corrected chi connectivity index (χ4v) is 2.48. The zero-order valence-corrected chi connectivity index (χ0v) is 13.6. The average molecular weight is 308 g/mol. The van der Waals surface area contributed by atoms with Gasteiger partial charge in [-0.3, -0.25) is 4.79 Å². The molecule has 1 heterocycles. The molecule has 1 amide bonds. The predicted molar refractivity (Wildman–Crippen MR) is 90.6 cm³/mol. The topological polar surface area (TPSA) is 70.2 Å². The zero-order valence-electron chi connectivity index (χ0n) is 13.6. The molecule has 0 radical (unpaired) electrons. The van der Waals surface area contributed by atoms with Crippen molar-refractivity contribution in [3.63, 3.8) is 0 Å². The standard InChI is InChI=1S/C18H20N4O/c1-4-15-5-7-17(8-6-15)22-13(2)11-16(14(22)3)12-20-21-18(23)9-10-19/h5-8,11-12H,4,9H2,1-3H3,(H,21,23)/b20-12+. The Morgan fingerprint density at radius 2 is 2.04 bits per heavy atom. The van der Waals surface area contributed by atoms with Gasteiger partial charge in [0.25, 0.3) is 5.91 Å². The first kappa shape index (κ1) is 16.5. The number of nitrogens with one attached hydrogen (secondary N) is 1. The molecule has 0 unspecified atom stereocenters. The van der Waals surface area contributed by atoms with Crippen molar-refractivity contribution in [2.45, 2.75) is 33.6 Å². The Labute approximate surface area is 136 Å². The molecule has 1 aromatic heterocycles. The van der Waals surface area contributed by atoms with Crippen LogP contribution in [-0.4, -0.2) is 16.7 Å². The maximum absolute atomic E-state index is 11.2. The maximum atomic E-state index is 11.2. The number of hydrogen-bond donors (Lipinski definition) is 1. The van der Waals surface area contributed by atoms with Gasteiger partial charge in [-0.15, -0.1) is 0 Å². The van der Waals surface area contributed by atoms with E-state index in [1.165, 1.54) is 5.56 Å². The van der Waals surface area contributed by atoms with Crippen LogP contribution >= 0.6 is 0 Å². The van der Waals surface area contributed by atoms with E-state index in [4.69, 9.17) is 5.26 Å². The molecular weight excluding hydrogens is 288 g/mol. The number of nitrogens with zero attached hydrogens (tertiary/aromatic N) is 3. The van der Waals surface area contributed by atoms with Crippen molar-refractivity contribution in [1.82, 2.24) is 9.99 Å². The number of carbonyl (C=O) groups excluding carboxylic acids is 1. The molecule has 2 aromatic rings. The largest absolute Gasteiger partial charge is 0.318 e. The Hall–Kier alpha value is -2.87. The van der Waals surface area contributed by atoms with Crippen LogP contribution in [0.3, 0.4) is 0 Å². The summed E-state index contributed by atoms with van der Waals surface area (Å²) in [4.78, 5) is 11.2. The molecule has 0 aliphatic heterocycles. The summed E-state index contributed by atoms with van der Waals surface area (Å²) in [5.41, 5.74) is 7.82. The Balaban J connectivity index is 2.23. The predicted octanol–water partition coefficient (Wildman–Crippen LogP) is 3.02. The quantitative estimate of drug-likeness (QED) is 0.681. The number of amides is 1. The lowest BCUT2D eigenvalue weighted by atomic mass is 10.1. The highest BCUT2D eigenvalue weighted by molar-refractivity contribution is 5.84. The van der Waals surface area contributed by atoms with E-state index in [1.54, 1.807) is 12.3 Å². The van der Waals surface area contributed by atoms with E-state index in [1.807, 2.05) is 19.9 Å². The molecular formula is C18H20N4O. The minimum Gasteiger partial charge on any atom is -0.318 e. The minimum atomic E-state index is -0.410. The molecule has 0 bridgehead atoms. The third-order valence-corrected chi connectivity index (χ3v) is 3.71. The third-order valence-electron chi connectivity index (χ3n) is 3.71. The van der Waals surface area contributed by atoms with E-state index >= 15 is 0 Å². The van der Waals surface area contributed by atoms with Crippen LogP contribution in [0.2, 0.25) is 0 Å². The number of aryl methyl sites for hydroxylation is 2. The summed E-state index contributed by atoms with van der Waals surface area (Å²) in [7, 11) is 0. The van der Waals surface area contributed by atoms with Gasteiger partial charge >= 0.3 is 0 Å². The first-order chi connectivity index (χ1) is 11.1. The van der Waals surface area contributed by atoms with Crippen molar-refractivity contribution in [2.24, 2.45) is 5.10 Å². The monoisotopic (exact) mass is 308 g/mol. The summed E-state index contributed by atoms with van der Waals surface area (Å²) < 4.78 is 2.15. The lowest BCUT2D eigenvalue weighted by Gasteiger charge is -2.10. The summed E-state index contributed by atoms with van der Waals surface area (Å²) in [6.45, 7) is 6.18. The molecule has 5 heteroatoms. The van der Waals surface area contributed by atoms with Crippen LogP contribution in [-0.2, 0) is 11.2 Å². The molecule has 0 atom stereocenters. The zero-order chi connectivity index (χ0) is 16.8. The summed E-state index contributed by atoms with van der Waals surface area (Å²) in [6.07, 6.45) is 2.43. The van der Waals surface area contributed by atoms with Crippen LogP contribution in [0.25, 0.3) is 5.69 Å². The molecule has 118 valence electrons. The third kappa shape index (κ3) is 3.86. The minimum absolute atomic E-state index is 0.194. The Bertz CT molecular complexity index is 764.